The zero-order valence-electron chi connectivity index (χ0n) is 12.6. The molecule has 1 atom stereocenters. The molecule has 1 aliphatic heterocycles. The van der Waals surface area contributed by atoms with Gasteiger partial charge < -0.3 is 10.2 Å². The van der Waals surface area contributed by atoms with Gasteiger partial charge in [-0.3, -0.25) is 4.90 Å². The van der Waals surface area contributed by atoms with Crippen LogP contribution in [0.2, 0.25) is 0 Å². The summed E-state index contributed by atoms with van der Waals surface area (Å²) in [6, 6.07) is 7.07. The normalized spacial score (nSPS) is 18.2. The maximum atomic E-state index is 13.8. The van der Waals surface area contributed by atoms with Gasteiger partial charge in [-0.05, 0) is 31.1 Å². The number of nitrogens with zero attached hydrogens (tertiary/aromatic N) is 2. The Kier molecular flexibility index (Phi) is 5.80. The van der Waals surface area contributed by atoms with Gasteiger partial charge in [0.15, 0.2) is 0 Å². The van der Waals surface area contributed by atoms with Crippen molar-refractivity contribution in [2.45, 2.75) is 13.8 Å². The van der Waals surface area contributed by atoms with Gasteiger partial charge in [-0.15, -0.1) is 0 Å². The average Bonchev–Trinajstić information content (AvgIpc) is 2.47. The maximum Gasteiger partial charge on any atom is 0.146 e. The molecule has 1 fully saturated rings. The summed E-state index contributed by atoms with van der Waals surface area (Å²) in [6.45, 7) is 11.5. The van der Waals surface area contributed by atoms with Crippen molar-refractivity contribution in [3.63, 3.8) is 0 Å². The summed E-state index contributed by atoms with van der Waals surface area (Å²) >= 11 is 0. The van der Waals surface area contributed by atoms with E-state index in [1.54, 1.807) is 12.1 Å². The summed E-state index contributed by atoms with van der Waals surface area (Å²) in [6.07, 6.45) is 0. The number of hydrogen-bond acceptors (Lipinski definition) is 3. The molecule has 4 heteroatoms. The minimum Gasteiger partial charge on any atom is -0.367 e. The van der Waals surface area contributed by atoms with Crippen LogP contribution >= 0.6 is 0 Å². The van der Waals surface area contributed by atoms with Crippen LogP contribution in [0.15, 0.2) is 24.3 Å². The summed E-state index contributed by atoms with van der Waals surface area (Å²) in [5.41, 5.74) is 0.743. The Morgan fingerprint density at radius 3 is 2.55 bits per heavy atom. The molecule has 112 valence electrons. The summed E-state index contributed by atoms with van der Waals surface area (Å²) in [5.74, 6) is 0.552. The number of para-hydroxylation sites is 1. The molecule has 1 aromatic rings. The second kappa shape index (κ2) is 7.60. The first-order valence-electron chi connectivity index (χ1n) is 7.63. The maximum absolute atomic E-state index is 13.8. The zero-order chi connectivity index (χ0) is 14.4. The van der Waals surface area contributed by atoms with E-state index in [0.717, 1.165) is 51.5 Å². The SMILES string of the molecule is CCNCC(C)CN1CCN(c2ccccc2F)CC1. The number of halogens is 1. The Labute approximate surface area is 121 Å². The van der Waals surface area contributed by atoms with Crippen LogP contribution in [0.3, 0.4) is 0 Å². The van der Waals surface area contributed by atoms with E-state index in [-0.39, 0.29) is 5.82 Å². The lowest BCUT2D eigenvalue weighted by atomic mass is 10.1. The number of hydrogen-bond donors (Lipinski definition) is 1. The molecule has 0 aromatic heterocycles. The summed E-state index contributed by atoms with van der Waals surface area (Å²) in [7, 11) is 0. The fourth-order valence-corrected chi connectivity index (χ4v) is 2.78. The highest BCUT2D eigenvalue weighted by atomic mass is 19.1. The van der Waals surface area contributed by atoms with Crippen LogP contribution in [-0.2, 0) is 0 Å². The molecule has 2 rings (SSSR count). The van der Waals surface area contributed by atoms with Crippen molar-refractivity contribution in [1.82, 2.24) is 10.2 Å². The zero-order valence-corrected chi connectivity index (χ0v) is 12.6. The van der Waals surface area contributed by atoms with Crippen LogP contribution in [-0.4, -0.2) is 50.7 Å². The molecule has 20 heavy (non-hydrogen) atoms. The van der Waals surface area contributed by atoms with Gasteiger partial charge in [0, 0.05) is 32.7 Å². The van der Waals surface area contributed by atoms with Crippen LogP contribution in [0.5, 0.6) is 0 Å². The minimum absolute atomic E-state index is 0.110. The molecule has 0 aliphatic carbocycles. The van der Waals surface area contributed by atoms with Crippen molar-refractivity contribution in [2.24, 2.45) is 5.92 Å². The van der Waals surface area contributed by atoms with E-state index in [1.807, 2.05) is 12.1 Å². The van der Waals surface area contributed by atoms with Gasteiger partial charge in [0.1, 0.15) is 5.82 Å². The minimum atomic E-state index is -0.110. The Balaban J connectivity index is 1.79. The fourth-order valence-electron chi connectivity index (χ4n) is 2.78. The third kappa shape index (κ3) is 4.18. The topological polar surface area (TPSA) is 18.5 Å². The first-order valence-corrected chi connectivity index (χ1v) is 7.63. The number of rotatable bonds is 6. The quantitative estimate of drug-likeness (QED) is 0.861. The van der Waals surface area contributed by atoms with E-state index in [0.29, 0.717) is 5.92 Å². The lowest BCUT2D eigenvalue weighted by Gasteiger charge is -2.37. The van der Waals surface area contributed by atoms with Crippen molar-refractivity contribution in [1.29, 1.82) is 0 Å². The molecule has 0 bridgehead atoms. The first kappa shape index (κ1) is 15.3. The van der Waals surface area contributed by atoms with Gasteiger partial charge in [-0.1, -0.05) is 26.0 Å². The van der Waals surface area contributed by atoms with Crippen molar-refractivity contribution in [3.8, 4) is 0 Å². The Bertz CT molecular complexity index is 402. The second-order valence-corrected chi connectivity index (χ2v) is 5.65. The number of anilines is 1. The first-order chi connectivity index (χ1) is 9.70. The smallest absolute Gasteiger partial charge is 0.146 e. The third-order valence-electron chi connectivity index (χ3n) is 3.88. The van der Waals surface area contributed by atoms with Crippen LogP contribution < -0.4 is 10.2 Å². The molecule has 0 amide bonds. The molecule has 1 saturated heterocycles. The van der Waals surface area contributed by atoms with Gasteiger partial charge in [-0.2, -0.15) is 0 Å². The molecule has 1 heterocycles. The molecular weight excluding hydrogens is 253 g/mol. The van der Waals surface area contributed by atoms with E-state index in [2.05, 4.69) is 29.0 Å². The standard InChI is InChI=1S/C16H26FN3/c1-3-18-12-14(2)13-19-8-10-20(11-9-19)16-7-5-4-6-15(16)17/h4-7,14,18H,3,8-13H2,1-2H3. The molecule has 1 aliphatic rings. The van der Waals surface area contributed by atoms with Gasteiger partial charge >= 0.3 is 0 Å². The number of nitrogens with one attached hydrogen (secondary N) is 1. The van der Waals surface area contributed by atoms with Crippen molar-refractivity contribution >= 4 is 5.69 Å². The van der Waals surface area contributed by atoms with Crippen LogP contribution in [0, 0.1) is 11.7 Å². The lowest BCUT2D eigenvalue weighted by molar-refractivity contribution is 0.222. The highest BCUT2D eigenvalue weighted by Crippen LogP contribution is 2.20. The highest BCUT2D eigenvalue weighted by Gasteiger charge is 2.20. The van der Waals surface area contributed by atoms with Crippen molar-refractivity contribution < 1.29 is 4.39 Å². The summed E-state index contributed by atoms with van der Waals surface area (Å²) in [5, 5.41) is 3.39. The van der Waals surface area contributed by atoms with Crippen LogP contribution in [0.4, 0.5) is 10.1 Å². The Morgan fingerprint density at radius 1 is 1.20 bits per heavy atom. The van der Waals surface area contributed by atoms with Crippen LogP contribution in [0.1, 0.15) is 13.8 Å². The summed E-state index contributed by atoms with van der Waals surface area (Å²) < 4.78 is 13.8. The fraction of sp³-hybridized carbons (Fsp3) is 0.625. The largest absolute Gasteiger partial charge is 0.367 e. The van der Waals surface area contributed by atoms with E-state index in [9.17, 15) is 4.39 Å². The molecule has 0 saturated carbocycles. The van der Waals surface area contributed by atoms with Crippen molar-refractivity contribution in [3.05, 3.63) is 30.1 Å². The van der Waals surface area contributed by atoms with Crippen LogP contribution in [0.25, 0.3) is 0 Å². The predicted octanol–water partition coefficient (Wildman–Crippen LogP) is 2.19. The van der Waals surface area contributed by atoms with E-state index >= 15 is 0 Å². The van der Waals surface area contributed by atoms with Gasteiger partial charge in [0.25, 0.3) is 0 Å². The molecule has 1 unspecified atom stereocenters. The Hall–Kier alpha value is -1.13. The van der Waals surface area contributed by atoms with Gasteiger partial charge in [-0.25, -0.2) is 4.39 Å². The second-order valence-electron chi connectivity index (χ2n) is 5.65. The van der Waals surface area contributed by atoms with Gasteiger partial charge in [0.05, 0.1) is 5.69 Å². The molecule has 0 radical (unpaired) electrons. The average molecular weight is 279 g/mol. The number of piperazine rings is 1. The third-order valence-corrected chi connectivity index (χ3v) is 3.88. The molecule has 1 N–H and O–H groups in total. The summed E-state index contributed by atoms with van der Waals surface area (Å²) in [4.78, 5) is 4.64. The monoisotopic (exact) mass is 279 g/mol. The predicted molar refractivity (Wildman–Crippen MR) is 82.8 cm³/mol. The highest BCUT2D eigenvalue weighted by molar-refractivity contribution is 5.47. The molecular formula is C16H26FN3. The molecule has 3 nitrogen and oxygen atoms in total. The molecule has 0 spiro atoms. The lowest BCUT2D eigenvalue weighted by Crippen LogP contribution is -2.48. The van der Waals surface area contributed by atoms with E-state index in [1.165, 1.54) is 0 Å². The Morgan fingerprint density at radius 2 is 1.90 bits per heavy atom. The van der Waals surface area contributed by atoms with E-state index < -0.39 is 0 Å². The molecule has 1 aromatic carbocycles. The van der Waals surface area contributed by atoms with Crippen molar-refractivity contribution in [2.75, 3.05) is 50.7 Å². The van der Waals surface area contributed by atoms with Gasteiger partial charge in [0.2, 0.25) is 0 Å². The number of benzene rings is 1. The van der Waals surface area contributed by atoms with E-state index in [4.69, 9.17) is 0 Å².